The molecule has 29 heavy (non-hydrogen) atoms. The second-order valence-electron chi connectivity index (χ2n) is 6.89. The van der Waals surface area contributed by atoms with Crippen LogP contribution in [-0.2, 0) is 0 Å². The molecule has 150 valence electrons. The summed E-state index contributed by atoms with van der Waals surface area (Å²) in [6.45, 7) is 5.64. The molecule has 3 aromatic rings. The van der Waals surface area contributed by atoms with Gasteiger partial charge in [-0.15, -0.1) is 0 Å². The number of nitro groups is 1. The Morgan fingerprint density at radius 1 is 1.03 bits per heavy atom. The van der Waals surface area contributed by atoms with Crippen LogP contribution < -0.4 is 9.80 Å². The van der Waals surface area contributed by atoms with Crippen LogP contribution in [0.5, 0.6) is 0 Å². The van der Waals surface area contributed by atoms with E-state index in [4.69, 9.17) is 0 Å². The van der Waals surface area contributed by atoms with Gasteiger partial charge in [-0.3, -0.25) is 10.1 Å². The van der Waals surface area contributed by atoms with E-state index in [-0.39, 0.29) is 23.1 Å². The molecule has 0 spiro atoms. The molecular weight excluding hydrogens is 377 g/mol. The minimum atomic E-state index is -0.468. The maximum absolute atomic E-state index is 14.1. The fourth-order valence-corrected chi connectivity index (χ4v) is 3.62. The van der Waals surface area contributed by atoms with Gasteiger partial charge in [-0.1, -0.05) is 12.1 Å². The third kappa shape index (κ3) is 3.48. The molecule has 1 aliphatic heterocycles. The van der Waals surface area contributed by atoms with Crippen LogP contribution in [0, 0.1) is 29.8 Å². The monoisotopic (exact) mass is 397 g/mol. The number of piperazine rings is 1. The van der Waals surface area contributed by atoms with Crippen LogP contribution in [0.2, 0.25) is 0 Å². The average molecular weight is 397 g/mol. The van der Waals surface area contributed by atoms with Crippen molar-refractivity contribution in [3.63, 3.8) is 0 Å². The van der Waals surface area contributed by atoms with Gasteiger partial charge in [0.05, 0.1) is 16.3 Å². The van der Waals surface area contributed by atoms with Crippen molar-refractivity contribution in [1.82, 2.24) is 19.7 Å². The number of aromatic nitrogens is 4. The fraction of sp³-hybridized carbons (Fsp3) is 0.316. The number of rotatable bonds is 4. The van der Waals surface area contributed by atoms with Crippen molar-refractivity contribution in [2.24, 2.45) is 0 Å². The first-order chi connectivity index (χ1) is 14.0. The number of aryl methyl sites for hydroxylation is 2. The molecule has 0 radical (unpaired) electrons. The molecule has 1 saturated heterocycles. The van der Waals surface area contributed by atoms with Gasteiger partial charge in [0, 0.05) is 31.9 Å². The Hall–Kier alpha value is -3.56. The van der Waals surface area contributed by atoms with E-state index in [9.17, 15) is 14.5 Å². The molecule has 0 atom stereocenters. The fourth-order valence-electron chi connectivity index (χ4n) is 3.62. The Morgan fingerprint density at radius 2 is 1.69 bits per heavy atom. The number of nitrogens with zero attached hydrogens (tertiary/aromatic N) is 7. The van der Waals surface area contributed by atoms with E-state index in [1.165, 1.54) is 17.1 Å². The minimum Gasteiger partial charge on any atom is -0.366 e. The van der Waals surface area contributed by atoms with Gasteiger partial charge in [0.2, 0.25) is 11.6 Å². The van der Waals surface area contributed by atoms with Crippen LogP contribution in [-0.4, -0.2) is 50.9 Å². The second-order valence-corrected chi connectivity index (χ2v) is 6.89. The molecule has 1 fully saturated rings. The number of halogens is 1. The van der Waals surface area contributed by atoms with Crippen molar-refractivity contribution in [2.75, 3.05) is 36.0 Å². The molecule has 0 bridgehead atoms. The van der Waals surface area contributed by atoms with E-state index in [0.717, 1.165) is 11.4 Å². The van der Waals surface area contributed by atoms with E-state index in [2.05, 4.69) is 15.1 Å². The van der Waals surface area contributed by atoms with Crippen LogP contribution in [0.4, 0.5) is 21.6 Å². The largest absolute Gasteiger partial charge is 0.366 e. The van der Waals surface area contributed by atoms with Gasteiger partial charge in [-0.2, -0.15) is 5.10 Å². The van der Waals surface area contributed by atoms with Gasteiger partial charge in [0.25, 0.3) is 0 Å². The minimum absolute atomic E-state index is 0.141. The van der Waals surface area contributed by atoms with Gasteiger partial charge >= 0.3 is 5.69 Å². The van der Waals surface area contributed by atoms with E-state index >= 15 is 0 Å². The Morgan fingerprint density at radius 3 is 2.31 bits per heavy atom. The molecule has 0 saturated carbocycles. The Kier molecular flexibility index (Phi) is 4.83. The summed E-state index contributed by atoms with van der Waals surface area (Å²) >= 11 is 0. The summed E-state index contributed by atoms with van der Waals surface area (Å²) in [5.74, 6) is 0.114. The Labute approximate surface area is 166 Å². The molecule has 1 aliphatic rings. The van der Waals surface area contributed by atoms with Crippen molar-refractivity contribution in [3.05, 3.63) is 64.0 Å². The van der Waals surface area contributed by atoms with Crippen LogP contribution in [0.1, 0.15) is 11.4 Å². The lowest BCUT2D eigenvalue weighted by molar-refractivity contribution is -0.384. The van der Waals surface area contributed by atoms with Gasteiger partial charge in [0.1, 0.15) is 12.1 Å². The number of benzene rings is 1. The highest BCUT2D eigenvalue weighted by molar-refractivity contribution is 5.66. The van der Waals surface area contributed by atoms with Crippen molar-refractivity contribution >= 4 is 17.2 Å². The summed E-state index contributed by atoms with van der Waals surface area (Å²) in [5.41, 5.74) is 1.85. The Bertz CT molecular complexity index is 1060. The molecule has 0 amide bonds. The van der Waals surface area contributed by atoms with Crippen LogP contribution in [0.25, 0.3) is 5.82 Å². The lowest BCUT2D eigenvalue weighted by atomic mass is 10.2. The van der Waals surface area contributed by atoms with Crippen molar-refractivity contribution in [1.29, 1.82) is 0 Å². The highest BCUT2D eigenvalue weighted by atomic mass is 19.1. The first-order valence-corrected chi connectivity index (χ1v) is 9.23. The molecule has 2 aromatic heterocycles. The van der Waals surface area contributed by atoms with Crippen molar-refractivity contribution < 1.29 is 9.31 Å². The average Bonchev–Trinajstić information content (AvgIpc) is 3.06. The maximum Gasteiger partial charge on any atom is 0.355 e. The van der Waals surface area contributed by atoms with Gasteiger partial charge in [0.15, 0.2) is 0 Å². The van der Waals surface area contributed by atoms with Crippen molar-refractivity contribution in [3.8, 4) is 5.82 Å². The first-order valence-electron chi connectivity index (χ1n) is 9.23. The molecule has 0 unspecified atom stereocenters. The quantitative estimate of drug-likeness (QED) is 0.493. The summed E-state index contributed by atoms with van der Waals surface area (Å²) in [6.07, 6.45) is 1.32. The molecule has 10 heteroatoms. The number of hydrogen-bond acceptors (Lipinski definition) is 7. The van der Waals surface area contributed by atoms with E-state index < -0.39 is 4.92 Å². The van der Waals surface area contributed by atoms with Crippen LogP contribution >= 0.6 is 0 Å². The summed E-state index contributed by atoms with van der Waals surface area (Å²) < 4.78 is 15.5. The summed E-state index contributed by atoms with van der Waals surface area (Å²) in [4.78, 5) is 23.5. The molecule has 3 heterocycles. The number of para-hydroxylation sites is 1. The first kappa shape index (κ1) is 18.8. The van der Waals surface area contributed by atoms with Crippen LogP contribution in [0.15, 0.2) is 36.7 Å². The smallest absolute Gasteiger partial charge is 0.355 e. The van der Waals surface area contributed by atoms with E-state index in [1.54, 1.807) is 18.2 Å². The van der Waals surface area contributed by atoms with Gasteiger partial charge in [-0.25, -0.2) is 19.0 Å². The zero-order valence-corrected chi connectivity index (χ0v) is 16.1. The third-order valence-corrected chi connectivity index (χ3v) is 4.95. The normalized spacial score (nSPS) is 14.3. The zero-order chi connectivity index (χ0) is 20.5. The third-order valence-electron chi connectivity index (χ3n) is 4.95. The Balaban J connectivity index is 1.64. The highest BCUT2D eigenvalue weighted by Gasteiger charge is 2.31. The van der Waals surface area contributed by atoms with E-state index in [1.807, 2.05) is 29.7 Å². The number of hydrogen-bond donors (Lipinski definition) is 0. The maximum atomic E-state index is 14.1. The van der Waals surface area contributed by atoms with Gasteiger partial charge in [-0.05, 0) is 32.0 Å². The van der Waals surface area contributed by atoms with E-state index in [0.29, 0.717) is 31.9 Å². The zero-order valence-electron chi connectivity index (χ0n) is 16.1. The van der Waals surface area contributed by atoms with Crippen molar-refractivity contribution in [2.45, 2.75) is 13.8 Å². The summed E-state index contributed by atoms with van der Waals surface area (Å²) in [5, 5.41) is 16.2. The summed E-state index contributed by atoms with van der Waals surface area (Å²) in [7, 11) is 0. The predicted molar refractivity (Wildman–Crippen MR) is 106 cm³/mol. The molecular formula is C19H20FN7O2. The SMILES string of the molecule is Cc1cc(C)n(-c2ncnc(N3CCN(c4ccccc4F)CC3)c2[N+](=O)[O-])n1. The van der Waals surface area contributed by atoms with Crippen LogP contribution in [0.3, 0.4) is 0 Å². The standard InChI is InChI=1S/C19H20FN7O2/c1-13-11-14(2)26(23-13)19-17(27(28)29)18(21-12-22-19)25-9-7-24(8-10-25)16-6-4-3-5-15(16)20/h3-6,11-12H,7-10H2,1-2H3. The van der Waals surface area contributed by atoms with Gasteiger partial charge < -0.3 is 9.80 Å². The topological polar surface area (TPSA) is 93.2 Å². The molecule has 9 nitrogen and oxygen atoms in total. The predicted octanol–water partition coefficient (Wildman–Crippen LogP) is 2.65. The lowest BCUT2D eigenvalue weighted by Gasteiger charge is -2.36. The molecule has 4 rings (SSSR count). The molecule has 0 N–H and O–H groups in total. The highest BCUT2D eigenvalue weighted by Crippen LogP contribution is 2.32. The number of anilines is 2. The summed E-state index contributed by atoms with van der Waals surface area (Å²) in [6, 6.07) is 8.44. The second kappa shape index (κ2) is 7.46. The lowest BCUT2D eigenvalue weighted by Crippen LogP contribution is -2.47. The molecule has 1 aromatic carbocycles. The molecule has 0 aliphatic carbocycles.